The lowest BCUT2D eigenvalue weighted by Gasteiger charge is -2.27. The Morgan fingerprint density at radius 1 is 1.32 bits per heavy atom. The molecule has 2 N–H and O–H groups in total. The predicted octanol–water partition coefficient (Wildman–Crippen LogP) is 2.50. The van der Waals surface area contributed by atoms with Crippen molar-refractivity contribution in [3.63, 3.8) is 0 Å². The molecule has 0 atom stereocenters. The Balaban J connectivity index is 2.02. The molecule has 0 amide bonds. The molecule has 3 rings (SSSR count). The highest BCUT2D eigenvalue weighted by Gasteiger charge is 2.26. The van der Waals surface area contributed by atoms with E-state index in [4.69, 9.17) is 5.73 Å². The van der Waals surface area contributed by atoms with E-state index in [1.165, 1.54) is 23.9 Å². The van der Waals surface area contributed by atoms with Gasteiger partial charge in [0.1, 0.15) is 5.82 Å². The zero-order valence-corrected chi connectivity index (χ0v) is 11.0. The Hall–Kier alpha value is -2.10. The summed E-state index contributed by atoms with van der Waals surface area (Å²) in [6, 6.07) is 7.85. The average Bonchev–Trinajstić information content (AvgIpc) is 2.68. The van der Waals surface area contributed by atoms with Crippen molar-refractivity contribution < 1.29 is 4.79 Å². The molecule has 0 bridgehead atoms. The monoisotopic (exact) mass is 255 g/mol. The maximum absolute atomic E-state index is 12.6. The van der Waals surface area contributed by atoms with Gasteiger partial charge >= 0.3 is 0 Å². The van der Waals surface area contributed by atoms with E-state index in [0.29, 0.717) is 17.3 Å². The van der Waals surface area contributed by atoms with Crippen LogP contribution in [0.1, 0.15) is 46.7 Å². The van der Waals surface area contributed by atoms with Crippen molar-refractivity contribution in [1.29, 1.82) is 0 Å². The van der Waals surface area contributed by atoms with Gasteiger partial charge in [0.15, 0.2) is 5.78 Å². The number of benzene rings is 1. The first-order valence-electron chi connectivity index (χ1n) is 6.59. The van der Waals surface area contributed by atoms with Gasteiger partial charge in [-0.1, -0.05) is 30.7 Å². The highest BCUT2D eigenvalue weighted by molar-refractivity contribution is 6.12. The number of carbonyl (C=O) groups is 1. The number of hydrogen-bond donors (Lipinski definition) is 1. The highest BCUT2D eigenvalue weighted by atomic mass is 16.1. The summed E-state index contributed by atoms with van der Waals surface area (Å²) in [5.74, 6) is 0.930. The van der Waals surface area contributed by atoms with Gasteiger partial charge in [-0.05, 0) is 24.3 Å². The van der Waals surface area contributed by atoms with Crippen molar-refractivity contribution in [3.05, 3.63) is 47.2 Å². The number of aromatic nitrogens is 2. The van der Waals surface area contributed by atoms with Crippen molar-refractivity contribution >= 4 is 11.6 Å². The third kappa shape index (κ3) is 1.93. The second kappa shape index (κ2) is 4.53. The second-order valence-corrected chi connectivity index (χ2v) is 5.11. The summed E-state index contributed by atoms with van der Waals surface area (Å²) in [6.07, 6.45) is 5.15. The predicted molar refractivity (Wildman–Crippen MR) is 74.1 cm³/mol. The quantitative estimate of drug-likeness (QED) is 0.857. The van der Waals surface area contributed by atoms with Gasteiger partial charge in [0.25, 0.3) is 0 Å². The molecule has 0 aliphatic heterocycles. The lowest BCUT2D eigenvalue weighted by atomic mass is 9.77. The van der Waals surface area contributed by atoms with E-state index in [0.717, 1.165) is 11.1 Å². The summed E-state index contributed by atoms with van der Waals surface area (Å²) in [7, 11) is 1.74. The van der Waals surface area contributed by atoms with Gasteiger partial charge in [0.05, 0.1) is 11.8 Å². The fourth-order valence-corrected chi connectivity index (χ4v) is 2.55. The number of anilines is 1. The Kier molecular flexibility index (Phi) is 2.85. The molecule has 1 heterocycles. The SMILES string of the molecule is Cn1ncc(C(=O)c2ccccc2C2CCC2)c1N. The van der Waals surface area contributed by atoms with Gasteiger partial charge in [0.2, 0.25) is 0 Å². The molecule has 2 aromatic rings. The molecule has 1 saturated carbocycles. The molecule has 1 aliphatic carbocycles. The summed E-state index contributed by atoms with van der Waals surface area (Å²) >= 11 is 0. The molecular weight excluding hydrogens is 238 g/mol. The van der Waals surface area contributed by atoms with Crippen LogP contribution in [0.15, 0.2) is 30.5 Å². The van der Waals surface area contributed by atoms with Crippen molar-refractivity contribution in [2.24, 2.45) is 7.05 Å². The Labute approximate surface area is 112 Å². The first-order valence-corrected chi connectivity index (χ1v) is 6.59. The fourth-order valence-electron chi connectivity index (χ4n) is 2.55. The normalized spacial score (nSPS) is 15.2. The van der Waals surface area contributed by atoms with Crippen LogP contribution in [-0.2, 0) is 7.05 Å². The van der Waals surface area contributed by atoms with Gasteiger partial charge in [-0.25, -0.2) is 0 Å². The first kappa shape index (κ1) is 12.0. The van der Waals surface area contributed by atoms with Gasteiger partial charge in [-0.2, -0.15) is 5.10 Å². The third-order valence-corrected chi connectivity index (χ3v) is 3.98. The lowest BCUT2D eigenvalue weighted by Crippen LogP contribution is -2.15. The van der Waals surface area contributed by atoms with Crippen molar-refractivity contribution in [2.45, 2.75) is 25.2 Å². The van der Waals surface area contributed by atoms with Crippen molar-refractivity contribution in [2.75, 3.05) is 5.73 Å². The molecule has 1 fully saturated rings. The van der Waals surface area contributed by atoms with Crippen LogP contribution >= 0.6 is 0 Å². The van der Waals surface area contributed by atoms with Crippen LogP contribution in [-0.4, -0.2) is 15.6 Å². The van der Waals surface area contributed by atoms with Gasteiger partial charge in [-0.15, -0.1) is 0 Å². The summed E-state index contributed by atoms with van der Waals surface area (Å²) in [5, 5.41) is 4.04. The number of nitrogens with zero attached hydrogens (tertiary/aromatic N) is 2. The summed E-state index contributed by atoms with van der Waals surface area (Å²) in [6.45, 7) is 0. The van der Waals surface area contributed by atoms with Crippen LogP contribution in [0.25, 0.3) is 0 Å². The minimum absolute atomic E-state index is 0.0203. The molecule has 1 aliphatic rings. The van der Waals surface area contributed by atoms with Gasteiger partial charge in [0, 0.05) is 12.6 Å². The number of hydrogen-bond acceptors (Lipinski definition) is 3. The number of aryl methyl sites for hydroxylation is 1. The van der Waals surface area contributed by atoms with Gasteiger partial charge < -0.3 is 5.73 Å². The van der Waals surface area contributed by atoms with E-state index < -0.39 is 0 Å². The molecule has 1 aromatic carbocycles. The first-order chi connectivity index (χ1) is 9.18. The lowest BCUT2D eigenvalue weighted by molar-refractivity contribution is 0.103. The molecule has 0 spiro atoms. The minimum Gasteiger partial charge on any atom is -0.383 e. The van der Waals surface area contributed by atoms with E-state index in [1.54, 1.807) is 13.2 Å². The summed E-state index contributed by atoms with van der Waals surface area (Å²) < 4.78 is 1.53. The summed E-state index contributed by atoms with van der Waals surface area (Å²) in [5.41, 5.74) is 8.31. The molecule has 0 unspecified atom stereocenters. The molecule has 0 saturated heterocycles. The number of nitrogens with two attached hydrogens (primary N) is 1. The van der Waals surface area contributed by atoms with E-state index in [2.05, 4.69) is 11.2 Å². The standard InChI is InChI=1S/C15H17N3O/c1-18-15(16)13(9-17-18)14(19)12-8-3-2-7-11(12)10-5-4-6-10/h2-3,7-10H,4-6,16H2,1H3. The van der Waals surface area contributed by atoms with Crippen LogP contribution in [0.4, 0.5) is 5.82 Å². The molecule has 0 radical (unpaired) electrons. The molecule has 4 heteroatoms. The summed E-state index contributed by atoms with van der Waals surface area (Å²) in [4.78, 5) is 12.6. The Morgan fingerprint density at radius 2 is 2.05 bits per heavy atom. The topological polar surface area (TPSA) is 60.9 Å². The average molecular weight is 255 g/mol. The molecular formula is C15H17N3O. The molecule has 4 nitrogen and oxygen atoms in total. The van der Waals surface area contributed by atoms with E-state index in [-0.39, 0.29) is 5.78 Å². The fraction of sp³-hybridized carbons (Fsp3) is 0.333. The molecule has 19 heavy (non-hydrogen) atoms. The zero-order chi connectivity index (χ0) is 13.4. The minimum atomic E-state index is -0.0203. The smallest absolute Gasteiger partial charge is 0.198 e. The maximum atomic E-state index is 12.6. The van der Waals surface area contributed by atoms with Crippen LogP contribution in [0.2, 0.25) is 0 Å². The maximum Gasteiger partial charge on any atom is 0.198 e. The second-order valence-electron chi connectivity index (χ2n) is 5.11. The third-order valence-electron chi connectivity index (χ3n) is 3.98. The highest BCUT2D eigenvalue weighted by Crippen LogP contribution is 2.38. The van der Waals surface area contributed by atoms with Crippen molar-refractivity contribution in [1.82, 2.24) is 9.78 Å². The molecule has 1 aromatic heterocycles. The number of carbonyl (C=O) groups excluding carboxylic acids is 1. The van der Waals surface area contributed by atoms with Crippen molar-refractivity contribution in [3.8, 4) is 0 Å². The van der Waals surface area contributed by atoms with Crippen LogP contribution in [0, 0.1) is 0 Å². The van der Waals surface area contributed by atoms with Gasteiger partial charge in [-0.3, -0.25) is 9.48 Å². The molecule has 98 valence electrons. The number of nitrogen functional groups attached to an aromatic ring is 1. The number of rotatable bonds is 3. The van der Waals surface area contributed by atoms with E-state index in [9.17, 15) is 4.79 Å². The number of ketones is 1. The Bertz CT molecular complexity index is 626. The Morgan fingerprint density at radius 3 is 2.63 bits per heavy atom. The van der Waals surface area contributed by atoms with E-state index in [1.807, 2.05) is 18.2 Å². The largest absolute Gasteiger partial charge is 0.383 e. The zero-order valence-electron chi connectivity index (χ0n) is 11.0. The van der Waals surface area contributed by atoms with E-state index >= 15 is 0 Å². The van der Waals surface area contributed by atoms with Crippen LogP contribution in [0.5, 0.6) is 0 Å². The van der Waals surface area contributed by atoms with Crippen LogP contribution in [0.3, 0.4) is 0 Å². The van der Waals surface area contributed by atoms with Crippen LogP contribution < -0.4 is 5.73 Å².